The molecular formula is C13H16F2N4O. The molecule has 0 aliphatic heterocycles. The van der Waals surface area contributed by atoms with Crippen LogP contribution in [-0.4, -0.2) is 27.2 Å². The number of carbonyl (C=O) groups excluding carboxylic acids is 1. The number of pyridine rings is 1. The summed E-state index contributed by atoms with van der Waals surface area (Å²) in [7, 11) is 0. The van der Waals surface area contributed by atoms with Crippen molar-refractivity contribution in [3.8, 4) is 0 Å². The van der Waals surface area contributed by atoms with Crippen LogP contribution in [0.3, 0.4) is 0 Å². The molecule has 0 saturated heterocycles. The van der Waals surface area contributed by atoms with Crippen molar-refractivity contribution in [1.82, 2.24) is 20.1 Å². The smallest absolute Gasteiger partial charge is 0.264 e. The van der Waals surface area contributed by atoms with Gasteiger partial charge in [0.25, 0.3) is 6.43 Å². The van der Waals surface area contributed by atoms with E-state index in [1.807, 2.05) is 6.92 Å². The average Bonchev–Trinajstić information content (AvgIpc) is 2.65. The maximum absolute atomic E-state index is 13.1. The highest BCUT2D eigenvalue weighted by Gasteiger charge is 2.20. The average molecular weight is 282 g/mol. The Labute approximate surface area is 115 Å². The van der Waals surface area contributed by atoms with Crippen LogP contribution in [0.15, 0.2) is 6.07 Å². The minimum Gasteiger partial charge on any atom is -0.355 e. The van der Waals surface area contributed by atoms with E-state index in [9.17, 15) is 13.6 Å². The Morgan fingerprint density at radius 3 is 2.75 bits per heavy atom. The number of nitrogens with zero attached hydrogens (tertiary/aromatic N) is 3. The van der Waals surface area contributed by atoms with Gasteiger partial charge in [-0.2, -0.15) is 5.10 Å². The quantitative estimate of drug-likeness (QED) is 0.934. The van der Waals surface area contributed by atoms with Gasteiger partial charge >= 0.3 is 0 Å². The van der Waals surface area contributed by atoms with Gasteiger partial charge in [-0.15, -0.1) is 0 Å². The summed E-state index contributed by atoms with van der Waals surface area (Å²) in [6.07, 6.45) is -2.60. The largest absolute Gasteiger partial charge is 0.355 e. The van der Waals surface area contributed by atoms with Crippen LogP contribution in [0.5, 0.6) is 0 Å². The fourth-order valence-electron chi connectivity index (χ4n) is 2.19. The van der Waals surface area contributed by atoms with E-state index < -0.39 is 6.43 Å². The number of rotatable bonds is 4. The molecule has 0 aliphatic rings. The molecule has 0 saturated carbocycles. The number of aryl methyl sites for hydroxylation is 2. The van der Waals surface area contributed by atoms with Crippen molar-refractivity contribution >= 4 is 16.9 Å². The number of alkyl halides is 2. The second-order valence-corrected chi connectivity index (χ2v) is 4.55. The van der Waals surface area contributed by atoms with Crippen LogP contribution in [0.4, 0.5) is 8.78 Å². The monoisotopic (exact) mass is 282 g/mol. The van der Waals surface area contributed by atoms with E-state index in [1.165, 1.54) is 10.7 Å². The van der Waals surface area contributed by atoms with Gasteiger partial charge in [0.2, 0.25) is 5.91 Å². The van der Waals surface area contributed by atoms with E-state index in [-0.39, 0.29) is 18.0 Å². The van der Waals surface area contributed by atoms with Crippen molar-refractivity contribution < 1.29 is 13.6 Å². The zero-order valence-corrected chi connectivity index (χ0v) is 11.6. The van der Waals surface area contributed by atoms with Gasteiger partial charge in [0.15, 0.2) is 5.65 Å². The van der Waals surface area contributed by atoms with Gasteiger partial charge in [-0.05, 0) is 26.8 Å². The molecule has 2 heterocycles. The molecule has 2 aromatic rings. The molecule has 0 bridgehead atoms. The van der Waals surface area contributed by atoms with E-state index in [1.54, 1.807) is 13.8 Å². The molecule has 1 amide bonds. The third kappa shape index (κ3) is 2.61. The van der Waals surface area contributed by atoms with Crippen molar-refractivity contribution in [2.24, 2.45) is 0 Å². The predicted octanol–water partition coefficient (Wildman–Crippen LogP) is 2.12. The lowest BCUT2D eigenvalue weighted by molar-refractivity contribution is -0.121. The third-order valence-corrected chi connectivity index (χ3v) is 2.94. The topological polar surface area (TPSA) is 59.8 Å². The summed E-state index contributed by atoms with van der Waals surface area (Å²) in [6.45, 7) is 5.56. The zero-order valence-electron chi connectivity index (χ0n) is 11.6. The molecule has 0 aliphatic carbocycles. The highest BCUT2D eigenvalue weighted by Crippen LogP contribution is 2.29. The molecule has 0 unspecified atom stereocenters. The number of fused-ring (bicyclic) bond motifs is 1. The first-order valence-electron chi connectivity index (χ1n) is 6.33. The fourth-order valence-corrected chi connectivity index (χ4v) is 2.19. The predicted molar refractivity (Wildman–Crippen MR) is 70.6 cm³/mol. The van der Waals surface area contributed by atoms with Crippen molar-refractivity contribution in [2.75, 3.05) is 6.54 Å². The maximum Gasteiger partial charge on any atom is 0.264 e. The summed E-state index contributed by atoms with van der Waals surface area (Å²) >= 11 is 0. The minimum atomic E-state index is -2.60. The molecule has 5 nitrogen and oxygen atoms in total. The van der Waals surface area contributed by atoms with Crippen LogP contribution in [0.25, 0.3) is 11.0 Å². The summed E-state index contributed by atoms with van der Waals surface area (Å²) in [5.74, 6) is -0.223. The lowest BCUT2D eigenvalue weighted by Crippen LogP contribution is -2.27. The zero-order chi connectivity index (χ0) is 14.9. The van der Waals surface area contributed by atoms with Gasteiger partial charge in [0, 0.05) is 17.8 Å². The number of hydrogen-bond acceptors (Lipinski definition) is 3. The van der Waals surface area contributed by atoms with Gasteiger partial charge in [-0.1, -0.05) is 0 Å². The van der Waals surface area contributed by atoms with Crippen LogP contribution in [0, 0.1) is 13.8 Å². The Morgan fingerprint density at radius 1 is 1.45 bits per heavy atom. The molecule has 7 heteroatoms. The van der Waals surface area contributed by atoms with Crippen molar-refractivity contribution in [3.05, 3.63) is 23.0 Å². The third-order valence-electron chi connectivity index (χ3n) is 2.94. The summed E-state index contributed by atoms with van der Waals surface area (Å²) in [4.78, 5) is 15.9. The maximum atomic E-state index is 13.1. The lowest BCUT2D eigenvalue weighted by atomic mass is 10.1. The van der Waals surface area contributed by atoms with Crippen LogP contribution < -0.4 is 5.32 Å². The number of amides is 1. The second kappa shape index (κ2) is 5.52. The van der Waals surface area contributed by atoms with Gasteiger partial charge < -0.3 is 5.32 Å². The molecule has 0 aromatic carbocycles. The van der Waals surface area contributed by atoms with Crippen molar-refractivity contribution in [2.45, 2.75) is 33.7 Å². The van der Waals surface area contributed by atoms with E-state index in [4.69, 9.17) is 0 Å². The Bertz CT molecular complexity index is 651. The van der Waals surface area contributed by atoms with Crippen LogP contribution >= 0.6 is 0 Å². The van der Waals surface area contributed by atoms with Crippen LogP contribution in [-0.2, 0) is 11.3 Å². The van der Waals surface area contributed by atoms with Gasteiger partial charge in [0.05, 0.1) is 11.1 Å². The Hall–Kier alpha value is -2.05. The lowest BCUT2D eigenvalue weighted by Gasteiger charge is -2.06. The van der Waals surface area contributed by atoms with Crippen LogP contribution in [0.1, 0.15) is 30.3 Å². The first-order chi connectivity index (χ1) is 9.43. The van der Waals surface area contributed by atoms with Crippen molar-refractivity contribution in [3.63, 3.8) is 0 Å². The molecule has 0 spiro atoms. The number of nitrogens with one attached hydrogen (secondary N) is 1. The first kappa shape index (κ1) is 14.4. The summed E-state index contributed by atoms with van der Waals surface area (Å²) in [5, 5.41) is 7.13. The van der Waals surface area contributed by atoms with E-state index in [2.05, 4.69) is 15.4 Å². The number of likely N-dealkylation sites (N-methyl/N-ethyl adjacent to an activating group) is 1. The van der Waals surface area contributed by atoms with Crippen LogP contribution in [0.2, 0.25) is 0 Å². The van der Waals surface area contributed by atoms with Gasteiger partial charge in [-0.3, -0.25) is 4.79 Å². The SMILES string of the molecule is CCNC(=O)Cn1nc(C)c2c(C(F)F)cc(C)nc21. The van der Waals surface area contributed by atoms with E-state index in [0.717, 1.165) is 0 Å². The highest BCUT2D eigenvalue weighted by atomic mass is 19.3. The second-order valence-electron chi connectivity index (χ2n) is 4.55. The summed E-state index contributed by atoms with van der Waals surface area (Å²) < 4.78 is 27.6. The number of halogens is 2. The van der Waals surface area contributed by atoms with Gasteiger partial charge in [0.1, 0.15) is 6.54 Å². The minimum absolute atomic E-state index is 0.0304. The van der Waals surface area contributed by atoms with Gasteiger partial charge in [-0.25, -0.2) is 18.4 Å². The molecule has 0 atom stereocenters. The number of carbonyl (C=O) groups is 1. The fraction of sp³-hybridized carbons (Fsp3) is 0.462. The molecule has 0 fully saturated rings. The number of hydrogen-bond donors (Lipinski definition) is 1. The standard InChI is InChI=1S/C13H16F2N4O/c1-4-16-10(20)6-19-13-11(8(3)18-19)9(12(14)15)5-7(2)17-13/h5,12H,4,6H2,1-3H3,(H,16,20). The summed E-state index contributed by atoms with van der Waals surface area (Å²) in [5.41, 5.74) is 1.16. The molecule has 2 rings (SSSR count). The highest BCUT2D eigenvalue weighted by molar-refractivity contribution is 5.84. The van der Waals surface area contributed by atoms with Crippen molar-refractivity contribution in [1.29, 1.82) is 0 Å². The Morgan fingerprint density at radius 2 is 2.15 bits per heavy atom. The molecule has 20 heavy (non-hydrogen) atoms. The summed E-state index contributed by atoms with van der Waals surface area (Å²) in [6, 6.07) is 1.36. The molecule has 0 radical (unpaired) electrons. The Kier molecular flexibility index (Phi) is 3.96. The Balaban J connectivity index is 2.55. The van der Waals surface area contributed by atoms with E-state index >= 15 is 0 Å². The molecule has 2 aromatic heterocycles. The molecular weight excluding hydrogens is 266 g/mol. The van der Waals surface area contributed by atoms with E-state index in [0.29, 0.717) is 29.0 Å². The number of aromatic nitrogens is 3. The molecule has 1 N–H and O–H groups in total. The normalized spacial score (nSPS) is 11.3. The first-order valence-corrected chi connectivity index (χ1v) is 6.33. The molecule has 108 valence electrons.